The van der Waals surface area contributed by atoms with E-state index in [0.29, 0.717) is 18.3 Å². The molecule has 24 heavy (non-hydrogen) atoms. The van der Waals surface area contributed by atoms with Gasteiger partial charge < -0.3 is 4.42 Å². The second-order valence-electron chi connectivity index (χ2n) is 6.07. The Morgan fingerprint density at radius 2 is 1.79 bits per heavy atom. The van der Waals surface area contributed by atoms with Crippen molar-refractivity contribution in [3.8, 4) is 11.5 Å². The molecule has 3 aromatic rings. The number of hydrogen-bond donors (Lipinski definition) is 0. The lowest BCUT2D eigenvalue weighted by Crippen LogP contribution is -2.23. The zero-order chi connectivity index (χ0) is 16.8. The Morgan fingerprint density at radius 1 is 0.958 bits per heavy atom. The number of hydrogen-bond acceptors (Lipinski definition) is 4. The van der Waals surface area contributed by atoms with Gasteiger partial charge in [-0.1, -0.05) is 55.0 Å². The van der Waals surface area contributed by atoms with Crippen molar-refractivity contribution in [1.29, 1.82) is 0 Å². The summed E-state index contributed by atoms with van der Waals surface area (Å²) in [6, 6.07) is 18.6. The minimum absolute atomic E-state index is 0.588. The van der Waals surface area contributed by atoms with Crippen LogP contribution in [0.15, 0.2) is 59.0 Å². The predicted octanol–water partition coefficient (Wildman–Crippen LogP) is 4.46. The minimum Gasteiger partial charge on any atom is -0.419 e. The number of aromatic nitrogens is 2. The van der Waals surface area contributed by atoms with E-state index in [0.717, 1.165) is 25.1 Å². The Hall–Kier alpha value is -2.46. The fourth-order valence-electron chi connectivity index (χ4n) is 2.78. The van der Waals surface area contributed by atoms with Gasteiger partial charge >= 0.3 is 0 Å². The van der Waals surface area contributed by atoms with Crippen LogP contribution in [0, 0.1) is 6.92 Å². The molecule has 4 heteroatoms. The van der Waals surface area contributed by atoms with Crippen LogP contribution < -0.4 is 0 Å². The summed E-state index contributed by atoms with van der Waals surface area (Å²) in [5.41, 5.74) is 3.45. The highest BCUT2D eigenvalue weighted by molar-refractivity contribution is 5.53. The SMILES string of the molecule is CCCN(Cc1ccccc1)Cc1nnc(-c2cccc(C)c2)o1. The molecule has 0 saturated carbocycles. The summed E-state index contributed by atoms with van der Waals surface area (Å²) in [4.78, 5) is 2.34. The standard InChI is InChI=1S/C20H23N3O/c1-3-12-23(14-17-9-5-4-6-10-17)15-19-21-22-20(24-19)18-11-7-8-16(2)13-18/h4-11,13H,3,12,14-15H2,1-2H3. The van der Waals surface area contributed by atoms with E-state index < -0.39 is 0 Å². The van der Waals surface area contributed by atoms with Crippen LogP contribution in [-0.4, -0.2) is 21.6 Å². The summed E-state index contributed by atoms with van der Waals surface area (Å²) in [5.74, 6) is 1.25. The third-order valence-corrected chi connectivity index (χ3v) is 3.88. The highest BCUT2D eigenvalue weighted by Crippen LogP contribution is 2.20. The Bertz CT molecular complexity index is 767. The molecule has 0 N–H and O–H groups in total. The summed E-state index contributed by atoms with van der Waals surface area (Å²) in [6.45, 7) is 6.79. The van der Waals surface area contributed by atoms with Crippen molar-refractivity contribution in [3.05, 3.63) is 71.6 Å². The van der Waals surface area contributed by atoms with Gasteiger partial charge in [0.05, 0.1) is 6.54 Å². The van der Waals surface area contributed by atoms with E-state index >= 15 is 0 Å². The maximum atomic E-state index is 5.88. The van der Waals surface area contributed by atoms with Gasteiger partial charge in [0.15, 0.2) is 0 Å². The zero-order valence-corrected chi connectivity index (χ0v) is 14.3. The first-order chi connectivity index (χ1) is 11.7. The van der Waals surface area contributed by atoms with Gasteiger partial charge in [0.1, 0.15) is 0 Å². The van der Waals surface area contributed by atoms with Crippen LogP contribution in [0.4, 0.5) is 0 Å². The lowest BCUT2D eigenvalue weighted by Gasteiger charge is -2.19. The van der Waals surface area contributed by atoms with Crippen molar-refractivity contribution in [1.82, 2.24) is 15.1 Å². The average Bonchev–Trinajstić information content (AvgIpc) is 3.04. The van der Waals surface area contributed by atoms with Crippen LogP contribution in [0.5, 0.6) is 0 Å². The molecule has 0 fully saturated rings. The highest BCUT2D eigenvalue weighted by atomic mass is 16.4. The first-order valence-electron chi connectivity index (χ1n) is 8.40. The first kappa shape index (κ1) is 16.4. The third kappa shape index (κ3) is 4.30. The van der Waals surface area contributed by atoms with Gasteiger partial charge in [-0.25, -0.2) is 0 Å². The van der Waals surface area contributed by atoms with Gasteiger partial charge in [-0.05, 0) is 37.6 Å². The lowest BCUT2D eigenvalue weighted by molar-refractivity contribution is 0.232. The van der Waals surface area contributed by atoms with E-state index in [1.165, 1.54) is 11.1 Å². The van der Waals surface area contributed by atoms with E-state index in [2.05, 4.69) is 65.3 Å². The molecular formula is C20H23N3O. The second kappa shape index (κ2) is 7.88. The molecule has 124 valence electrons. The van der Waals surface area contributed by atoms with Crippen molar-refractivity contribution in [2.45, 2.75) is 33.4 Å². The molecule has 0 aliphatic carbocycles. The topological polar surface area (TPSA) is 42.2 Å². The number of nitrogens with zero attached hydrogens (tertiary/aromatic N) is 3. The molecule has 0 bridgehead atoms. The fourth-order valence-corrected chi connectivity index (χ4v) is 2.78. The van der Waals surface area contributed by atoms with Crippen molar-refractivity contribution in [3.63, 3.8) is 0 Å². The van der Waals surface area contributed by atoms with Gasteiger partial charge in [-0.2, -0.15) is 0 Å². The van der Waals surface area contributed by atoms with E-state index in [4.69, 9.17) is 4.42 Å². The smallest absolute Gasteiger partial charge is 0.247 e. The minimum atomic E-state index is 0.588. The molecule has 0 atom stereocenters. The van der Waals surface area contributed by atoms with E-state index in [9.17, 15) is 0 Å². The maximum absolute atomic E-state index is 5.88. The monoisotopic (exact) mass is 321 g/mol. The van der Waals surface area contributed by atoms with Crippen molar-refractivity contribution in [2.75, 3.05) is 6.54 Å². The van der Waals surface area contributed by atoms with E-state index in [1.54, 1.807) is 0 Å². The Labute approximate surface area is 143 Å². The van der Waals surface area contributed by atoms with Gasteiger partial charge in [0.2, 0.25) is 11.8 Å². The largest absolute Gasteiger partial charge is 0.419 e. The van der Waals surface area contributed by atoms with Gasteiger partial charge in [-0.3, -0.25) is 4.90 Å². The fraction of sp³-hybridized carbons (Fsp3) is 0.300. The van der Waals surface area contributed by atoms with E-state index in [1.807, 2.05) is 18.2 Å². The van der Waals surface area contributed by atoms with Gasteiger partial charge in [0, 0.05) is 12.1 Å². The molecule has 2 aromatic carbocycles. The molecule has 0 saturated heterocycles. The molecule has 0 aliphatic rings. The maximum Gasteiger partial charge on any atom is 0.247 e. The molecule has 1 aromatic heterocycles. The second-order valence-corrected chi connectivity index (χ2v) is 6.07. The molecule has 0 aliphatic heterocycles. The molecule has 0 spiro atoms. The Balaban J connectivity index is 1.71. The van der Waals surface area contributed by atoms with Crippen LogP contribution in [0.3, 0.4) is 0 Å². The molecule has 0 radical (unpaired) electrons. The number of aryl methyl sites for hydroxylation is 1. The quantitative estimate of drug-likeness (QED) is 0.644. The number of benzene rings is 2. The summed E-state index contributed by atoms with van der Waals surface area (Å²) in [6.07, 6.45) is 1.09. The normalized spacial score (nSPS) is 11.1. The van der Waals surface area contributed by atoms with Crippen LogP contribution >= 0.6 is 0 Å². The Morgan fingerprint density at radius 3 is 2.54 bits per heavy atom. The van der Waals surface area contributed by atoms with Gasteiger partial charge in [0.25, 0.3) is 0 Å². The predicted molar refractivity (Wildman–Crippen MR) is 95.3 cm³/mol. The number of rotatable bonds is 7. The summed E-state index contributed by atoms with van der Waals surface area (Å²) >= 11 is 0. The molecule has 0 unspecified atom stereocenters. The van der Waals surface area contributed by atoms with Crippen LogP contribution in [0.25, 0.3) is 11.5 Å². The molecular weight excluding hydrogens is 298 g/mol. The zero-order valence-electron chi connectivity index (χ0n) is 14.3. The summed E-state index contributed by atoms with van der Waals surface area (Å²) in [5, 5.41) is 8.43. The summed E-state index contributed by atoms with van der Waals surface area (Å²) in [7, 11) is 0. The molecule has 1 heterocycles. The van der Waals surface area contributed by atoms with Crippen LogP contribution in [0.2, 0.25) is 0 Å². The van der Waals surface area contributed by atoms with Crippen molar-refractivity contribution >= 4 is 0 Å². The van der Waals surface area contributed by atoms with Crippen LogP contribution in [-0.2, 0) is 13.1 Å². The van der Waals surface area contributed by atoms with Crippen molar-refractivity contribution in [2.24, 2.45) is 0 Å². The molecule has 3 rings (SSSR count). The average molecular weight is 321 g/mol. The first-order valence-corrected chi connectivity index (χ1v) is 8.40. The van der Waals surface area contributed by atoms with Crippen molar-refractivity contribution < 1.29 is 4.42 Å². The van der Waals surface area contributed by atoms with Gasteiger partial charge in [-0.15, -0.1) is 10.2 Å². The van der Waals surface area contributed by atoms with Crippen LogP contribution in [0.1, 0.15) is 30.4 Å². The van der Waals surface area contributed by atoms with E-state index in [-0.39, 0.29) is 0 Å². The summed E-state index contributed by atoms with van der Waals surface area (Å²) < 4.78 is 5.88. The molecule has 4 nitrogen and oxygen atoms in total. The molecule has 0 amide bonds. The lowest BCUT2D eigenvalue weighted by atomic mass is 10.1. The Kier molecular flexibility index (Phi) is 5.39. The highest BCUT2D eigenvalue weighted by Gasteiger charge is 2.13. The third-order valence-electron chi connectivity index (χ3n) is 3.88.